The van der Waals surface area contributed by atoms with E-state index in [1.54, 1.807) is 24.3 Å². The van der Waals surface area contributed by atoms with Crippen LogP contribution >= 0.6 is 0 Å². The van der Waals surface area contributed by atoms with E-state index in [2.05, 4.69) is 10.2 Å². The molecule has 0 bridgehead atoms. The summed E-state index contributed by atoms with van der Waals surface area (Å²) in [5, 5.41) is 18.8. The molecule has 0 aliphatic carbocycles. The fourth-order valence-corrected chi connectivity index (χ4v) is 4.86. The molecule has 0 spiro atoms. The Hall–Kier alpha value is -1.81. The van der Waals surface area contributed by atoms with Gasteiger partial charge in [-0.05, 0) is 24.3 Å². The maximum atomic E-state index is 12.1. The Labute approximate surface area is 223 Å². The van der Waals surface area contributed by atoms with Crippen molar-refractivity contribution in [2.45, 2.75) is 9.79 Å². The molecule has 0 fully saturated rings. The number of benzene rings is 4. The van der Waals surface area contributed by atoms with Crippen molar-refractivity contribution >= 4 is 102 Å². The van der Waals surface area contributed by atoms with Gasteiger partial charge in [-0.3, -0.25) is 9.11 Å². The van der Waals surface area contributed by atoms with Crippen molar-refractivity contribution in [3.8, 4) is 5.75 Å². The second-order valence-corrected chi connectivity index (χ2v) is 9.31. The maximum Gasteiger partial charge on any atom is 0.297 e. The van der Waals surface area contributed by atoms with Gasteiger partial charge in [0, 0.05) is 70.4 Å². The first-order valence-corrected chi connectivity index (χ1v) is 11.6. The largest absolute Gasteiger partial charge is 0.507 e. The Bertz CT molecular complexity index is 1600. The van der Waals surface area contributed by atoms with Crippen molar-refractivity contribution in [1.29, 1.82) is 0 Å². The van der Waals surface area contributed by atoms with Gasteiger partial charge in [-0.2, -0.15) is 16.8 Å². The smallest absolute Gasteiger partial charge is 0.297 e. The van der Waals surface area contributed by atoms with Crippen LogP contribution in [-0.4, -0.2) is 79.9 Å². The van der Waals surface area contributed by atoms with Gasteiger partial charge >= 0.3 is 0 Å². The third-order valence-electron chi connectivity index (χ3n) is 4.63. The quantitative estimate of drug-likeness (QED) is 0.181. The van der Waals surface area contributed by atoms with E-state index in [-0.39, 0.29) is 71.1 Å². The average Bonchev–Trinajstić information content (AvgIpc) is 2.71. The Morgan fingerprint density at radius 3 is 1.84 bits per heavy atom. The Morgan fingerprint density at radius 2 is 1.19 bits per heavy atom. The molecular weight excluding hydrogens is 582 g/mol. The molecule has 32 heavy (non-hydrogen) atoms. The molecule has 0 aromatic heterocycles. The van der Waals surface area contributed by atoms with Crippen LogP contribution in [0.1, 0.15) is 0 Å². The third kappa shape index (κ3) is 4.76. The zero-order chi connectivity index (χ0) is 22.4. The van der Waals surface area contributed by atoms with Gasteiger partial charge in [-0.15, -0.1) is 10.2 Å². The van der Waals surface area contributed by atoms with E-state index < -0.39 is 30.0 Å². The van der Waals surface area contributed by atoms with Crippen LogP contribution in [0, 0.1) is 0 Å². The van der Waals surface area contributed by atoms with E-state index in [0.29, 0.717) is 16.5 Å². The number of azo groups is 1. The van der Waals surface area contributed by atoms with Gasteiger partial charge in [0.25, 0.3) is 20.2 Å². The number of nitrogens with zero attached hydrogens (tertiary/aromatic N) is 2. The van der Waals surface area contributed by atoms with Crippen LogP contribution in [0.2, 0.25) is 0 Å². The topological polar surface area (TPSA) is 154 Å². The zero-order valence-electron chi connectivity index (χ0n) is 16.2. The third-order valence-corrected chi connectivity index (χ3v) is 6.49. The summed E-state index contributed by atoms with van der Waals surface area (Å²) in [6, 6.07) is 15.8. The predicted octanol–water partition coefficient (Wildman–Crippen LogP) is 4.23. The number of aromatic hydroxyl groups is 1. The predicted molar refractivity (Wildman–Crippen MR) is 119 cm³/mol. The van der Waals surface area contributed by atoms with E-state index in [0.717, 1.165) is 6.07 Å². The van der Waals surface area contributed by atoms with Crippen LogP contribution in [0.5, 0.6) is 5.75 Å². The van der Waals surface area contributed by atoms with Crippen LogP contribution in [0.25, 0.3) is 21.5 Å². The molecule has 0 aliphatic heterocycles. The minimum Gasteiger partial charge on any atom is -0.507 e. The van der Waals surface area contributed by atoms with Crippen LogP contribution in [0.4, 0.5) is 11.4 Å². The average molecular weight is 596 g/mol. The fourth-order valence-electron chi connectivity index (χ4n) is 3.33. The molecule has 4 aromatic rings. The molecule has 4 rings (SSSR count). The standard InChI is InChI=1S/C20H14N2O7S2.Ba/c23-18-11-10-16(12-4-1-2-5-13(12)18)21-22-17-9-8-14-15(20(17)31(27,28)29)6-3-7-19(14)30(24,25)26;/h1-11,23H,(H,24,25,26)(H,27,28,29);. The summed E-state index contributed by atoms with van der Waals surface area (Å²) in [6.45, 7) is 0. The maximum absolute atomic E-state index is 12.1. The molecule has 0 atom stereocenters. The number of phenols is 1. The normalized spacial score (nSPS) is 12.3. The summed E-state index contributed by atoms with van der Waals surface area (Å²) < 4.78 is 66.7. The molecule has 3 N–H and O–H groups in total. The molecule has 0 amide bonds. The van der Waals surface area contributed by atoms with E-state index in [9.17, 15) is 31.0 Å². The van der Waals surface area contributed by atoms with Gasteiger partial charge in [0.05, 0.1) is 5.69 Å². The molecular formula is C20H14BaN2O7S2. The molecule has 9 nitrogen and oxygen atoms in total. The number of rotatable bonds is 4. The second-order valence-electron chi connectivity index (χ2n) is 6.56. The molecule has 0 aliphatic rings. The number of hydrogen-bond donors (Lipinski definition) is 3. The van der Waals surface area contributed by atoms with Crippen molar-refractivity contribution in [2.24, 2.45) is 10.2 Å². The van der Waals surface area contributed by atoms with Crippen molar-refractivity contribution < 1.29 is 31.0 Å². The molecule has 160 valence electrons. The van der Waals surface area contributed by atoms with Crippen molar-refractivity contribution in [1.82, 2.24) is 0 Å². The van der Waals surface area contributed by atoms with E-state index in [1.807, 2.05) is 0 Å². The van der Waals surface area contributed by atoms with E-state index in [4.69, 9.17) is 0 Å². The molecule has 0 heterocycles. The van der Waals surface area contributed by atoms with Gasteiger partial charge in [0.2, 0.25) is 0 Å². The summed E-state index contributed by atoms with van der Waals surface area (Å²) in [6.07, 6.45) is 0. The summed E-state index contributed by atoms with van der Waals surface area (Å²) in [5.74, 6) is 0.0385. The minimum atomic E-state index is -4.85. The first-order valence-electron chi connectivity index (χ1n) is 8.70. The molecule has 0 saturated carbocycles. The van der Waals surface area contributed by atoms with Crippen LogP contribution in [-0.2, 0) is 20.2 Å². The van der Waals surface area contributed by atoms with Gasteiger partial charge in [0.15, 0.2) is 0 Å². The summed E-state index contributed by atoms with van der Waals surface area (Å²) in [5.41, 5.74) is 0.0983. The van der Waals surface area contributed by atoms with Gasteiger partial charge in [-0.1, -0.05) is 42.5 Å². The first-order chi connectivity index (χ1) is 14.6. The van der Waals surface area contributed by atoms with Crippen molar-refractivity contribution in [3.05, 3.63) is 66.7 Å². The van der Waals surface area contributed by atoms with E-state index >= 15 is 0 Å². The van der Waals surface area contributed by atoms with E-state index in [1.165, 1.54) is 36.4 Å². The van der Waals surface area contributed by atoms with Gasteiger partial charge in [-0.25, -0.2) is 0 Å². The monoisotopic (exact) mass is 596 g/mol. The van der Waals surface area contributed by atoms with Crippen LogP contribution in [0.15, 0.2) is 86.7 Å². The molecule has 0 unspecified atom stereocenters. The zero-order valence-corrected chi connectivity index (χ0v) is 22.3. The van der Waals surface area contributed by atoms with Crippen LogP contribution in [0.3, 0.4) is 0 Å². The Kier molecular flexibility index (Phi) is 7.14. The summed E-state index contributed by atoms with van der Waals surface area (Å²) in [4.78, 5) is -1.16. The number of phenolic OH excluding ortho intramolecular Hbond substituents is 1. The fraction of sp³-hybridized carbons (Fsp3) is 0. The Morgan fingerprint density at radius 1 is 0.594 bits per heavy atom. The molecule has 4 aromatic carbocycles. The van der Waals surface area contributed by atoms with Crippen molar-refractivity contribution in [3.63, 3.8) is 0 Å². The van der Waals surface area contributed by atoms with Crippen LogP contribution < -0.4 is 0 Å². The van der Waals surface area contributed by atoms with Gasteiger partial charge in [0.1, 0.15) is 21.2 Å². The first kappa shape index (κ1) is 24.8. The summed E-state index contributed by atoms with van der Waals surface area (Å²) >= 11 is 0. The van der Waals surface area contributed by atoms with Gasteiger partial charge < -0.3 is 5.11 Å². The van der Waals surface area contributed by atoms with Crippen molar-refractivity contribution in [2.75, 3.05) is 0 Å². The summed E-state index contributed by atoms with van der Waals surface area (Å²) in [7, 11) is -9.49. The molecule has 12 heteroatoms. The SMILES string of the molecule is O=S(=O)(O)c1cccc2c(S(=O)(=O)O)c(N=Nc3ccc(O)c4ccccc34)ccc12.[Ba]. The number of hydrogen-bond acceptors (Lipinski definition) is 7. The molecule has 0 saturated heterocycles. The molecule has 2 radical (unpaired) electrons. The number of fused-ring (bicyclic) bond motifs is 2. The second kappa shape index (κ2) is 9.21. The minimum absolute atomic E-state index is 0. The Balaban J connectivity index is 0.00000289.